The third kappa shape index (κ3) is 4.44. The number of rotatable bonds is 9. The summed E-state index contributed by atoms with van der Waals surface area (Å²) in [7, 11) is -2.46. The first-order valence-corrected chi connectivity index (χ1v) is 10.4. The van der Waals surface area contributed by atoms with Gasteiger partial charge in [-0.1, -0.05) is 84.6 Å². The molecular weight excluding hydrogens is 308 g/mol. The summed E-state index contributed by atoms with van der Waals surface area (Å²) in [4.78, 5) is 0. The van der Waals surface area contributed by atoms with Gasteiger partial charge >= 0.3 is 0 Å². The van der Waals surface area contributed by atoms with Crippen molar-refractivity contribution in [3.63, 3.8) is 0 Å². The predicted molar refractivity (Wildman–Crippen MR) is 107 cm³/mol. The maximum Gasteiger partial charge on any atom is 0.280 e. The molecule has 0 aliphatic heterocycles. The number of hydrogen-bond donors (Lipinski definition) is 0. The van der Waals surface area contributed by atoms with Crippen molar-refractivity contribution >= 4 is 18.7 Å². The Kier molecular flexibility index (Phi) is 6.98. The molecule has 0 aliphatic carbocycles. The molecule has 2 rings (SSSR count). The smallest absolute Gasteiger partial charge is 0.280 e. The third-order valence-corrected chi connectivity index (χ3v) is 7.81. The fourth-order valence-corrected chi connectivity index (χ4v) is 6.48. The molecule has 2 aromatic rings. The Morgan fingerprint density at radius 1 is 0.917 bits per heavy atom. The van der Waals surface area contributed by atoms with Gasteiger partial charge in [-0.05, 0) is 30.1 Å². The van der Waals surface area contributed by atoms with E-state index in [0.29, 0.717) is 0 Å². The lowest BCUT2D eigenvalue weighted by Gasteiger charge is -2.32. The van der Waals surface area contributed by atoms with Crippen LogP contribution in [0, 0.1) is 0 Å². The van der Waals surface area contributed by atoms with E-state index in [1.165, 1.54) is 10.4 Å². The molecule has 2 heteroatoms. The molecule has 0 saturated heterocycles. The molecule has 1 nitrogen and oxygen atoms in total. The zero-order chi connectivity index (χ0) is 17.3. The zero-order valence-electron chi connectivity index (χ0n) is 14.4. The number of benzene rings is 2. The average Bonchev–Trinajstić information content (AvgIpc) is 2.63. The van der Waals surface area contributed by atoms with Crippen LogP contribution in [0.5, 0.6) is 0 Å². The minimum atomic E-state index is -2.46. The quantitative estimate of drug-likeness (QED) is 0.488. The molecule has 0 aliphatic rings. The molecule has 0 N–H and O–H groups in total. The molecule has 0 saturated carbocycles. The van der Waals surface area contributed by atoms with E-state index < -0.39 is 8.32 Å². The summed E-state index contributed by atoms with van der Waals surface area (Å²) in [6.07, 6.45) is 7.81. The highest BCUT2D eigenvalue weighted by Crippen LogP contribution is 2.15. The van der Waals surface area contributed by atoms with Crippen LogP contribution in [0.4, 0.5) is 0 Å². The zero-order valence-corrected chi connectivity index (χ0v) is 15.4. The van der Waals surface area contributed by atoms with Crippen LogP contribution in [-0.2, 0) is 4.43 Å². The van der Waals surface area contributed by atoms with Gasteiger partial charge in [-0.3, -0.25) is 0 Å². The van der Waals surface area contributed by atoms with E-state index in [0.717, 1.165) is 12.8 Å². The minimum absolute atomic E-state index is 0.114. The molecule has 0 aromatic heterocycles. The standard InChI is InChI=1S/C22H26OSi/c1-4-6-13-19-24(23-20(3)14-5-2,21-15-9-7-10-16-21)22-17-11-8-12-18-22/h4-5,7-13,15-20H,1-2,6,14H2,3H3/b19-13+. The molecule has 0 fully saturated rings. The SMILES string of the molecule is C=CC/C=C/[Si](OC(C)CC=C)(c1ccccc1)c1ccccc1. The van der Waals surface area contributed by atoms with Gasteiger partial charge in [0.25, 0.3) is 8.32 Å². The van der Waals surface area contributed by atoms with E-state index in [9.17, 15) is 0 Å². The van der Waals surface area contributed by atoms with Crippen LogP contribution >= 0.6 is 0 Å². The molecule has 0 heterocycles. The summed E-state index contributed by atoms with van der Waals surface area (Å²) >= 11 is 0. The lowest BCUT2D eigenvalue weighted by molar-refractivity contribution is 0.226. The van der Waals surface area contributed by atoms with Crippen LogP contribution in [-0.4, -0.2) is 14.4 Å². The lowest BCUT2D eigenvalue weighted by atomic mass is 10.3. The van der Waals surface area contributed by atoms with Gasteiger partial charge in [0.05, 0.1) is 0 Å². The maximum absolute atomic E-state index is 6.74. The lowest BCUT2D eigenvalue weighted by Crippen LogP contribution is -2.61. The fourth-order valence-electron chi connectivity index (χ4n) is 2.84. The van der Waals surface area contributed by atoms with Crippen molar-refractivity contribution in [3.8, 4) is 0 Å². The van der Waals surface area contributed by atoms with Crippen LogP contribution in [0.25, 0.3) is 0 Å². The van der Waals surface area contributed by atoms with Crippen molar-refractivity contribution in [1.29, 1.82) is 0 Å². The van der Waals surface area contributed by atoms with Crippen molar-refractivity contribution in [2.75, 3.05) is 0 Å². The summed E-state index contributed by atoms with van der Waals surface area (Å²) in [5.41, 5.74) is 2.29. The van der Waals surface area contributed by atoms with E-state index in [4.69, 9.17) is 4.43 Å². The van der Waals surface area contributed by atoms with E-state index in [1.807, 2.05) is 24.3 Å². The van der Waals surface area contributed by atoms with E-state index in [-0.39, 0.29) is 6.10 Å². The van der Waals surface area contributed by atoms with Crippen LogP contribution in [0.1, 0.15) is 19.8 Å². The Morgan fingerprint density at radius 3 is 1.92 bits per heavy atom. The van der Waals surface area contributed by atoms with Crippen LogP contribution in [0.3, 0.4) is 0 Å². The van der Waals surface area contributed by atoms with Gasteiger partial charge in [-0.25, -0.2) is 0 Å². The van der Waals surface area contributed by atoms with Crippen LogP contribution in [0.15, 0.2) is 97.7 Å². The van der Waals surface area contributed by atoms with Gasteiger partial charge in [-0.2, -0.15) is 0 Å². The van der Waals surface area contributed by atoms with E-state index in [2.05, 4.69) is 80.4 Å². The van der Waals surface area contributed by atoms with Gasteiger partial charge in [-0.15, -0.1) is 13.2 Å². The minimum Gasteiger partial charge on any atom is -0.402 e. The molecular formula is C22H26OSi. The monoisotopic (exact) mass is 334 g/mol. The second kappa shape index (κ2) is 9.21. The predicted octanol–water partition coefficient (Wildman–Crippen LogP) is 4.40. The Hall–Kier alpha value is -2.16. The summed E-state index contributed by atoms with van der Waals surface area (Å²) in [6, 6.07) is 21.2. The molecule has 1 unspecified atom stereocenters. The number of hydrogen-bond acceptors (Lipinski definition) is 1. The highest BCUT2D eigenvalue weighted by atomic mass is 28.4. The largest absolute Gasteiger partial charge is 0.402 e. The van der Waals surface area contributed by atoms with Gasteiger partial charge in [0, 0.05) is 6.10 Å². The first-order chi connectivity index (χ1) is 11.7. The summed E-state index contributed by atoms with van der Waals surface area (Å²) in [5, 5.41) is 2.51. The highest BCUT2D eigenvalue weighted by Gasteiger charge is 2.38. The number of allylic oxidation sites excluding steroid dienone is 2. The molecule has 0 spiro atoms. The fraction of sp³-hybridized carbons (Fsp3) is 0.182. The van der Waals surface area contributed by atoms with Gasteiger partial charge in [0.15, 0.2) is 0 Å². The van der Waals surface area contributed by atoms with Crippen molar-refractivity contribution < 1.29 is 4.43 Å². The second-order valence-electron chi connectivity index (χ2n) is 5.85. The molecule has 124 valence electrons. The summed E-state index contributed by atoms with van der Waals surface area (Å²) < 4.78 is 6.74. The van der Waals surface area contributed by atoms with Gasteiger partial charge in [0.1, 0.15) is 0 Å². The second-order valence-corrected chi connectivity index (χ2v) is 9.04. The molecule has 1 atom stereocenters. The van der Waals surface area contributed by atoms with Crippen molar-refractivity contribution in [2.24, 2.45) is 0 Å². The molecule has 0 bridgehead atoms. The molecule has 24 heavy (non-hydrogen) atoms. The summed E-state index contributed by atoms with van der Waals surface area (Å²) in [6.45, 7) is 9.80. The normalized spacial score (nSPS) is 12.9. The third-order valence-electron chi connectivity index (χ3n) is 3.95. The first-order valence-electron chi connectivity index (χ1n) is 8.41. The van der Waals surface area contributed by atoms with E-state index >= 15 is 0 Å². The average molecular weight is 335 g/mol. The Balaban J connectivity index is 2.58. The summed E-state index contributed by atoms with van der Waals surface area (Å²) in [5.74, 6) is 0. The molecule has 2 aromatic carbocycles. The Labute approximate surface area is 147 Å². The molecule has 0 amide bonds. The van der Waals surface area contributed by atoms with Crippen LogP contribution < -0.4 is 10.4 Å². The molecule has 0 radical (unpaired) electrons. The first kappa shape index (κ1) is 18.2. The van der Waals surface area contributed by atoms with Crippen molar-refractivity contribution in [3.05, 3.63) is 97.7 Å². The van der Waals surface area contributed by atoms with Gasteiger partial charge in [0.2, 0.25) is 0 Å². The topological polar surface area (TPSA) is 9.23 Å². The van der Waals surface area contributed by atoms with Crippen LogP contribution in [0.2, 0.25) is 0 Å². The van der Waals surface area contributed by atoms with E-state index in [1.54, 1.807) is 0 Å². The Bertz CT molecular complexity index is 621. The Morgan fingerprint density at radius 2 is 1.46 bits per heavy atom. The maximum atomic E-state index is 6.74. The highest BCUT2D eigenvalue weighted by molar-refractivity contribution is 7.01. The van der Waals surface area contributed by atoms with Crippen molar-refractivity contribution in [1.82, 2.24) is 0 Å². The van der Waals surface area contributed by atoms with Crippen molar-refractivity contribution in [2.45, 2.75) is 25.9 Å². The van der Waals surface area contributed by atoms with Gasteiger partial charge < -0.3 is 4.43 Å².